The highest BCUT2D eigenvalue weighted by molar-refractivity contribution is 6.30. The summed E-state index contributed by atoms with van der Waals surface area (Å²) < 4.78 is 5.41. The van der Waals surface area contributed by atoms with Crippen molar-refractivity contribution in [2.45, 2.75) is 25.3 Å². The number of hydrogen-bond acceptors (Lipinski definition) is 6. The summed E-state index contributed by atoms with van der Waals surface area (Å²) in [6.07, 6.45) is 4.26. The summed E-state index contributed by atoms with van der Waals surface area (Å²) in [5.41, 5.74) is 2.81. The van der Waals surface area contributed by atoms with Gasteiger partial charge in [-0.3, -0.25) is 9.69 Å². The van der Waals surface area contributed by atoms with E-state index in [4.69, 9.17) is 21.3 Å². The van der Waals surface area contributed by atoms with E-state index in [1.807, 2.05) is 54.4 Å². The lowest BCUT2D eigenvalue weighted by atomic mass is 9.99. The lowest BCUT2D eigenvalue weighted by molar-refractivity contribution is -0.132. The molecule has 3 heterocycles. The lowest BCUT2D eigenvalue weighted by Gasteiger charge is -2.29. The number of likely N-dealkylation sites (tertiary alicyclic amines) is 1. The molecular formula is C23H30ClN5O2. The van der Waals surface area contributed by atoms with Gasteiger partial charge in [-0.15, -0.1) is 0 Å². The number of benzene rings is 1. The number of nitrogens with zero attached hydrogens (tertiary/aromatic N) is 5. The van der Waals surface area contributed by atoms with Gasteiger partial charge in [-0.1, -0.05) is 23.7 Å². The Morgan fingerprint density at radius 1 is 1.26 bits per heavy atom. The molecule has 2 aromatic rings. The number of carbonyl (C=O) groups excluding carboxylic acids is 1. The molecule has 0 aliphatic carbocycles. The Kier molecular flexibility index (Phi) is 7.05. The Balaban J connectivity index is 1.59. The van der Waals surface area contributed by atoms with E-state index in [2.05, 4.69) is 9.88 Å². The minimum absolute atomic E-state index is 0.0483. The Morgan fingerprint density at radius 2 is 2.06 bits per heavy atom. The molecule has 8 heteroatoms. The van der Waals surface area contributed by atoms with Crippen LogP contribution in [0, 0.1) is 0 Å². The smallest absolute Gasteiger partial charge is 0.225 e. The fourth-order valence-electron chi connectivity index (χ4n) is 4.30. The van der Waals surface area contributed by atoms with Crippen LogP contribution in [0.5, 0.6) is 0 Å². The summed E-state index contributed by atoms with van der Waals surface area (Å²) in [5.74, 6) is 0.837. The largest absolute Gasteiger partial charge is 0.379 e. The summed E-state index contributed by atoms with van der Waals surface area (Å²) >= 11 is 6.26. The molecule has 0 bridgehead atoms. The van der Waals surface area contributed by atoms with E-state index in [-0.39, 0.29) is 11.9 Å². The van der Waals surface area contributed by atoms with E-state index in [0.29, 0.717) is 17.4 Å². The van der Waals surface area contributed by atoms with Crippen LogP contribution in [0.15, 0.2) is 30.5 Å². The molecule has 0 saturated carbocycles. The topological polar surface area (TPSA) is 61.8 Å². The van der Waals surface area contributed by atoms with Crippen LogP contribution in [0.4, 0.5) is 5.95 Å². The zero-order valence-corrected chi connectivity index (χ0v) is 19.0. The highest BCUT2D eigenvalue weighted by Crippen LogP contribution is 2.38. The number of hydrogen-bond donors (Lipinski definition) is 0. The first-order chi connectivity index (χ1) is 15.0. The van der Waals surface area contributed by atoms with Gasteiger partial charge in [0.25, 0.3) is 0 Å². The van der Waals surface area contributed by atoms with E-state index in [0.717, 1.165) is 69.1 Å². The molecule has 166 valence electrons. The van der Waals surface area contributed by atoms with E-state index in [1.54, 1.807) is 0 Å². The van der Waals surface area contributed by atoms with Gasteiger partial charge in [0.1, 0.15) is 0 Å². The second kappa shape index (κ2) is 9.94. The van der Waals surface area contributed by atoms with Crippen LogP contribution in [0.3, 0.4) is 0 Å². The molecule has 1 atom stereocenters. The van der Waals surface area contributed by atoms with Crippen molar-refractivity contribution in [3.63, 3.8) is 0 Å². The normalized spacial score (nSPS) is 19.6. The van der Waals surface area contributed by atoms with Crippen molar-refractivity contribution < 1.29 is 9.53 Å². The predicted molar refractivity (Wildman–Crippen MR) is 122 cm³/mol. The van der Waals surface area contributed by atoms with Gasteiger partial charge in [0, 0.05) is 63.5 Å². The zero-order chi connectivity index (χ0) is 21.8. The molecule has 2 aliphatic heterocycles. The van der Waals surface area contributed by atoms with Gasteiger partial charge in [0.15, 0.2) is 0 Å². The second-order valence-electron chi connectivity index (χ2n) is 8.32. The Morgan fingerprint density at radius 3 is 2.81 bits per heavy atom. The van der Waals surface area contributed by atoms with Crippen LogP contribution in [-0.4, -0.2) is 79.2 Å². The first kappa shape index (κ1) is 22.0. The van der Waals surface area contributed by atoms with Crippen LogP contribution in [-0.2, 0) is 9.53 Å². The SMILES string of the molecule is CN(C)c1ncc(-c2cccc(Cl)c2)c([C@H]2CCCN2C(=O)CCN2CCOCC2)n1. The molecule has 2 saturated heterocycles. The zero-order valence-electron chi connectivity index (χ0n) is 18.3. The van der Waals surface area contributed by atoms with Gasteiger partial charge in [-0.05, 0) is 30.5 Å². The molecule has 4 rings (SSSR count). The van der Waals surface area contributed by atoms with Crippen molar-refractivity contribution in [1.29, 1.82) is 0 Å². The third kappa shape index (κ3) is 5.17. The number of rotatable bonds is 6. The minimum atomic E-state index is -0.0483. The number of halogens is 1. The molecule has 0 spiro atoms. The van der Waals surface area contributed by atoms with E-state index in [1.165, 1.54) is 0 Å². The molecule has 7 nitrogen and oxygen atoms in total. The fourth-order valence-corrected chi connectivity index (χ4v) is 4.50. The second-order valence-corrected chi connectivity index (χ2v) is 8.76. The first-order valence-electron chi connectivity index (χ1n) is 10.9. The molecule has 0 N–H and O–H groups in total. The third-order valence-corrected chi connectivity index (χ3v) is 6.21. The van der Waals surface area contributed by atoms with Crippen LogP contribution >= 0.6 is 11.6 Å². The quantitative estimate of drug-likeness (QED) is 0.683. The van der Waals surface area contributed by atoms with Crippen molar-refractivity contribution >= 4 is 23.5 Å². The Bertz CT molecular complexity index is 917. The van der Waals surface area contributed by atoms with Crippen molar-refractivity contribution in [1.82, 2.24) is 19.8 Å². The van der Waals surface area contributed by atoms with Gasteiger partial charge < -0.3 is 14.5 Å². The predicted octanol–water partition coefficient (Wildman–Crippen LogP) is 3.25. The number of amides is 1. The number of anilines is 1. The van der Waals surface area contributed by atoms with Crippen LogP contribution in [0.2, 0.25) is 5.02 Å². The highest BCUT2D eigenvalue weighted by atomic mass is 35.5. The highest BCUT2D eigenvalue weighted by Gasteiger charge is 2.33. The molecule has 1 aromatic heterocycles. The molecule has 1 amide bonds. The maximum atomic E-state index is 13.2. The molecule has 2 fully saturated rings. The maximum absolute atomic E-state index is 13.2. The van der Waals surface area contributed by atoms with Gasteiger partial charge in [0.2, 0.25) is 11.9 Å². The van der Waals surface area contributed by atoms with E-state index < -0.39 is 0 Å². The molecular weight excluding hydrogens is 414 g/mol. The van der Waals surface area contributed by atoms with Crippen molar-refractivity contribution in [2.75, 3.05) is 58.4 Å². The lowest BCUT2D eigenvalue weighted by Crippen LogP contribution is -2.39. The monoisotopic (exact) mass is 443 g/mol. The maximum Gasteiger partial charge on any atom is 0.225 e. The van der Waals surface area contributed by atoms with Gasteiger partial charge in [-0.25, -0.2) is 9.97 Å². The first-order valence-corrected chi connectivity index (χ1v) is 11.3. The summed E-state index contributed by atoms with van der Waals surface area (Å²) in [6.45, 7) is 4.83. The minimum Gasteiger partial charge on any atom is -0.379 e. The van der Waals surface area contributed by atoms with Gasteiger partial charge in [-0.2, -0.15) is 0 Å². The molecule has 0 unspecified atom stereocenters. The van der Waals surface area contributed by atoms with Crippen LogP contribution < -0.4 is 4.90 Å². The van der Waals surface area contributed by atoms with Crippen LogP contribution in [0.25, 0.3) is 11.1 Å². The average molecular weight is 444 g/mol. The summed E-state index contributed by atoms with van der Waals surface area (Å²) in [5, 5.41) is 0.671. The van der Waals surface area contributed by atoms with Gasteiger partial charge >= 0.3 is 0 Å². The molecule has 31 heavy (non-hydrogen) atoms. The Hall–Kier alpha value is -2.22. The molecule has 1 aromatic carbocycles. The third-order valence-electron chi connectivity index (χ3n) is 5.98. The van der Waals surface area contributed by atoms with E-state index >= 15 is 0 Å². The number of aromatic nitrogens is 2. The summed E-state index contributed by atoms with van der Waals surface area (Å²) in [6, 6.07) is 7.69. The number of carbonyl (C=O) groups is 1. The number of ether oxygens (including phenoxy) is 1. The molecule has 2 aliphatic rings. The fraction of sp³-hybridized carbons (Fsp3) is 0.522. The average Bonchev–Trinajstić information content (AvgIpc) is 3.27. The summed E-state index contributed by atoms with van der Waals surface area (Å²) in [7, 11) is 3.86. The Labute approximate surface area is 189 Å². The van der Waals surface area contributed by atoms with Gasteiger partial charge in [0.05, 0.1) is 24.9 Å². The van der Waals surface area contributed by atoms with Crippen molar-refractivity contribution in [3.8, 4) is 11.1 Å². The van der Waals surface area contributed by atoms with E-state index in [9.17, 15) is 4.79 Å². The number of morpholine rings is 1. The van der Waals surface area contributed by atoms with Crippen LogP contribution in [0.1, 0.15) is 31.0 Å². The standard InChI is InChI=1S/C23H30ClN5O2/c1-27(2)23-25-16-19(17-5-3-6-18(24)15-17)22(26-23)20-7-4-9-29(20)21(30)8-10-28-11-13-31-14-12-28/h3,5-6,15-16,20H,4,7-14H2,1-2H3/t20-/m1/s1. The van der Waals surface area contributed by atoms with Crippen molar-refractivity contribution in [2.24, 2.45) is 0 Å². The van der Waals surface area contributed by atoms with Crippen molar-refractivity contribution in [3.05, 3.63) is 41.2 Å². The summed E-state index contributed by atoms with van der Waals surface area (Å²) in [4.78, 5) is 28.8. The molecule has 0 radical (unpaired) electrons.